The van der Waals surface area contributed by atoms with Crippen molar-refractivity contribution in [1.82, 2.24) is 0 Å². The van der Waals surface area contributed by atoms with Gasteiger partial charge in [-0.2, -0.15) is 0 Å². The average Bonchev–Trinajstić information content (AvgIpc) is 2.72. The van der Waals surface area contributed by atoms with Gasteiger partial charge in [-0.25, -0.2) is 0 Å². The minimum atomic E-state index is -0.361. The Morgan fingerprint density at radius 2 is 1.79 bits per heavy atom. The lowest BCUT2D eigenvalue weighted by Gasteiger charge is -2.10. The second kappa shape index (κ2) is 3.83. The number of carbonyl (C=O) groups excluding carboxylic acids is 1. The van der Waals surface area contributed by atoms with Gasteiger partial charge in [-0.1, -0.05) is 0 Å². The summed E-state index contributed by atoms with van der Waals surface area (Å²) >= 11 is 0. The van der Waals surface area contributed by atoms with E-state index in [0.717, 1.165) is 11.3 Å². The zero-order valence-corrected chi connectivity index (χ0v) is 7.34. The highest BCUT2D eigenvalue weighted by Gasteiger charge is 2.14. The molecule has 1 aliphatic heterocycles. The summed E-state index contributed by atoms with van der Waals surface area (Å²) in [6.45, 7) is 0. The van der Waals surface area contributed by atoms with E-state index in [1.54, 1.807) is 12.1 Å². The number of rotatable bonds is 3. The van der Waals surface area contributed by atoms with Crippen LogP contribution in [0.15, 0.2) is 36.8 Å². The van der Waals surface area contributed by atoms with Gasteiger partial charge in [0.25, 0.3) is 6.29 Å². The Balaban J connectivity index is 2.09. The van der Waals surface area contributed by atoms with Crippen LogP contribution in [0.5, 0.6) is 0 Å². The van der Waals surface area contributed by atoms with E-state index in [1.807, 2.05) is 12.1 Å². The van der Waals surface area contributed by atoms with E-state index >= 15 is 0 Å². The van der Waals surface area contributed by atoms with Gasteiger partial charge < -0.3 is 14.8 Å². The van der Waals surface area contributed by atoms with Crippen LogP contribution in [0.2, 0.25) is 0 Å². The largest absolute Gasteiger partial charge is 0.455 e. The van der Waals surface area contributed by atoms with Crippen LogP contribution in [-0.4, -0.2) is 6.41 Å². The van der Waals surface area contributed by atoms with E-state index < -0.39 is 0 Å². The number of benzene rings is 1. The summed E-state index contributed by atoms with van der Waals surface area (Å²) in [6.07, 6.45) is 3.28. The van der Waals surface area contributed by atoms with Crippen LogP contribution < -0.4 is 5.32 Å². The standard InChI is InChI=1S/C10H9NO3/c12-7-11-9-3-1-8(2-4-9)10-13-5-6-14-10/h1-7,10H,(H,11,12). The first-order valence-corrected chi connectivity index (χ1v) is 4.16. The maximum atomic E-state index is 10.1. The Morgan fingerprint density at radius 1 is 1.14 bits per heavy atom. The number of hydrogen-bond acceptors (Lipinski definition) is 3. The normalized spacial score (nSPS) is 14.6. The monoisotopic (exact) mass is 191 g/mol. The Labute approximate surface area is 81.1 Å². The zero-order valence-electron chi connectivity index (χ0n) is 7.34. The number of hydrogen-bond donors (Lipinski definition) is 1. The molecule has 0 unspecified atom stereocenters. The smallest absolute Gasteiger partial charge is 0.266 e. The van der Waals surface area contributed by atoms with E-state index in [4.69, 9.17) is 9.47 Å². The molecule has 0 aliphatic carbocycles. The van der Waals surface area contributed by atoms with Crippen molar-refractivity contribution in [2.45, 2.75) is 6.29 Å². The van der Waals surface area contributed by atoms with Crippen LogP contribution in [0.1, 0.15) is 11.9 Å². The molecule has 1 aromatic rings. The summed E-state index contributed by atoms with van der Waals surface area (Å²) < 4.78 is 10.3. The number of carbonyl (C=O) groups is 1. The second-order valence-electron chi connectivity index (χ2n) is 2.76. The summed E-state index contributed by atoms with van der Waals surface area (Å²) in [5.74, 6) is 0. The van der Waals surface area contributed by atoms with Gasteiger partial charge in [-0.3, -0.25) is 4.79 Å². The summed E-state index contributed by atoms with van der Waals surface area (Å²) in [5.41, 5.74) is 1.65. The molecule has 1 heterocycles. The van der Waals surface area contributed by atoms with Crippen LogP contribution in [0, 0.1) is 0 Å². The van der Waals surface area contributed by atoms with Crippen molar-refractivity contribution in [2.75, 3.05) is 5.32 Å². The predicted molar refractivity (Wildman–Crippen MR) is 50.2 cm³/mol. The molecule has 1 aliphatic rings. The molecule has 1 amide bonds. The first-order chi connectivity index (χ1) is 6.90. The highest BCUT2D eigenvalue weighted by molar-refractivity contribution is 5.71. The van der Waals surface area contributed by atoms with Crippen LogP contribution in [0.4, 0.5) is 5.69 Å². The van der Waals surface area contributed by atoms with Crippen molar-refractivity contribution in [1.29, 1.82) is 0 Å². The SMILES string of the molecule is O=CNc1ccc(C2OC=CO2)cc1. The molecule has 14 heavy (non-hydrogen) atoms. The molecule has 0 saturated carbocycles. The topological polar surface area (TPSA) is 47.6 Å². The van der Waals surface area contributed by atoms with Crippen molar-refractivity contribution in [2.24, 2.45) is 0 Å². The molecule has 0 fully saturated rings. The Kier molecular flexibility index (Phi) is 2.36. The quantitative estimate of drug-likeness (QED) is 0.740. The van der Waals surface area contributed by atoms with Gasteiger partial charge in [0, 0.05) is 11.3 Å². The van der Waals surface area contributed by atoms with Crippen molar-refractivity contribution in [3.05, 3.63) is 42.4 Å². The summed E-state index contributed by atoms with van der Waals surface area (Å²) in [5, 5.41) is 2.55. The van der Waals surface area contributed by atoms with Crippen molar-refractivity contribution in [3.63, 3.8) is 0 Å². The lowest BCUT2D eigenvalue weighted by atomic mass is 10.2. The van der Waals surface area contributed by atoms with Crippen molar-refractivity contribution in [3.8, 4) is 0 Å². The third kappa shape index (κ3) is 1.69. The molecule has 0 aromatic heterocycles. The van der Waals surface area contributed by atoms with E-state index in [-0.39, 0.29) is 6.29 Å². The van der Waals surface area contributed by atoms with Crippen LogP contribution in [-0.2, 0) is 14.3 Å². The molecule has 0 spiro atoms. The molecule has 1 N–H and O–H groups in total. The lowest BCUT2D eigenvalue weighted by molar-refractivity contribution is -0.105. The van der Waals surface area contributed by atoms with Gasteiger partial charge in [-0.05, 0) is 24.3 Å². The van der Waals surface area contributed by atoms with E-state index in [2.05, 4.69) is 5.32 Å². The van der Waals surface area contributed by atoms with Gasteiger partial charge in [0.1, 0.15) is 12.5 Å². The van der Waals surface area contributed by atoms with Gasteiger partial charge in [0.05, 0.1) is 0 Å². The number of nitrogens with one attached hydrogen (secondary N) is 1. The maximum absolute atomic E-state index is 10.1. The molecule has 0 bridgehead atoms. The van der Waals surface area contributed by atoms with E-state index in [9.17, 15) is 4.79 Å². The fraction of sp³-hybridized carbons (Fsp3) is 0.100. The number of anilines is 1. The average molecular weight is 191 g/mol. The van der Waals surface area contributed by atoms with Gasteiger partial charge >= 0.3 is 0 Å². The van der Waals surface area contributed by atoms with Crippen molar-refractivity contribution < 1.29 is 14.3 Å². The minimum absolute atomic E-state index is 0.361. The maximum Gasteiger partial charge on any atom is 0.266 e. The molecule has 0 radical (unpaired) electrons. The number of ether oxygens (including phenoxy) is 2. The fourth-order valence-electron chi connectivity index (χ4n) is 1.20. The van der Waals surface area contributed by atoms with Crippen LogP contribution in [0.25, 0.3) is 0 Å². The Bertz CT molecular complexity index is 337. The zero-order chi connectivity index (χ0) is 9.80. The van der Waals surface area contributed by atoms with Gasteiger partial charge in [-0.15, -0.1) is 0 Å². The summed E-state index contributed by atoms with van der Waals surface area (Å²) in [6, 6.07) is 7.25. The summed E-state index contributed by atoms with van der Waals surface area (Å²) in [7, 11) is 0. The van der Waals surface area contributed by atoms with Crippen molar-refractivity contribution >= 4 is 12.1 Å². The highest BCUT2D eigenvalue weighted by atomic mass is 16.7. The molecule has 72 valence electrons. The lowest BCUT2D eigenvalue weighted by Crippen LogP contribution is -1.98. The first kappa shape index (κ1) is 8.62. The minimum Gasteiger partial charge on any atom is -0.455 e. The Morgan fingerprint density at radius 3 is 2.36 bits per heavy atom. The van der Waals surface area contributed by atoms with Crippen LogP contribution in [0.3, 0.4) is 0 Å². The summed E-state index contributed by atoms with van der Waals surface area (Å²) in [4.78, 5) is 10.1. The number of amides is 1. The molecule has 0 atom stereocenters. The highest BCUT2D eigenvalue weighted by Crippen LogP contribution is 2.24. The van der Waals surface area contributed by atoms with E-state index in [1.165, 1.54) is 12.5 Å². The molecule has 0 saturated heterocycles. The Hall–Kier alpha value is -1.97. The molecule has 4 heteroatoms. The molecule has 1 aromatic carbocycles. The van der Waals surface area contributed by atoms with Crippen LogP contribution >= 0.6 is 0 Å². The third-order valence-electron chi connectivity index (χ3n) is 1.87. The molecule has 2 rings (SSSR count). The fourth-order valence-corrected chi connectivity index (χ4v) is 1.20. The molecular formula is C10H9NO3. The molecular weight excluding hydrogens is 182 g/mol. The van der Waals surface area contributed by atoms with Gasteiger partial charge in [0.2, 0.25) is 6.41 Å². The van der Waals surface area contributed by atoms with E-state index in [0.29, 0.717) is 6.41 Å². The molecule has 4 nitrogen and oxygen atoms in total. The first-order valence-electron chi connectivity index (χ1n) is 4.16. The second-order valence-corrected chi connectivity index (χ2v) is 2.76. The van der Waals surface area contributed by atoms with Gasteiger partial charge in [0.15, 0.2) is 0 Å². The third-order valence-corrected chi connectivity index (χ3v) is 1.87. The predicted octanol–water partition coefficient (Wildman–Crippen LogP) is 1.77.